The monoisotopic (exact) mass is 250 g/mol. The van der Waals surface area contributed by atoms with Crippen LogP contribution in [0.5, 0.6) is 0 Å². The van der Waals surface area contributed by atoms with E-state index in [9.17, 15) is 4.39 Å². The minimum absolute atomic E-state index is 0.156. The van der Waals surface area contributed by atoms with Crippen molar-refractivity contribution in [2.24, 2.45) is 5.84 Å². The fourth-order valence-corrected chi connectivity index (χ4v) is 2.70. The van der Waals surface area contributed by atoms with Crippen molar-refractivity contribution in [2.45, 2.75) is 19.9 Å². The van der Waals surface area contributed by atoms with Gasteiger partial charge in [0.15, 0.2) is 0 Å². The lowest BCUT2D eigenvalue weighted by Crippen LogP contribution is -2.29. The molecule has 3 N–H and O–H groups in total. The third-order valence-electron chi connectivity index (χ3n) is 2.90. The van der Waals surface area contributed by atoms with Crippen molar-refractivity contribution in [3.63, 3.8) is 0 Å². The Morgan fingerprint density at radius 2 is 2.00 bits per heavy atom. The highest BCUT2D eigenvalue weighted by Crippen LogP contribution is 2.27. The molecule has 0 saturated carbocycles. The Kier molecular flexibility index (Phi) is 3.57. The summed E-state index contributed by atoms with van der Waals surface area (Å²) in [6, 6.07) is 5.06. The maximum Gasteiger partial charge on any atom is 0.126 e. The molecule has 1 heterocycles. The summed E-state index contributed by atoms with van der Waals surface area (Å²) in [6.07, 6.45) is 0. The van der Waals surface area contributed by atoms with Gasteiger partial charge in [-0.05, 0) is 52.9 Å². The zero-order chi connectivity index (χ0) is 12.4. The molecule has 0 aliphatic rings. The molecule has 90 valence electrons. The lowest BCUT2D eigenvalue weighted by Gasteiger charge is -2.17. The minimum atomic E-state index is -0.198. The molecule has 4 heteroatoms. The first-order chi connectivity index (χ1) is 8.13. The summed E-state index contributed by atoms with van der Waals surface area (Å²) < 4.78 is 13.6. The fraction of sp³-hybridized carbons (Fsp3) is 0.231. The Bertz CT molecular complexity index is 522. The number of halogens is 1. The molecule has 1 unspecified atom stereocenters. The van der Waals surface area contributed by atoms with Gasteiger partial charge < -0.3 is 0 Å². The van der Waals surface area contributed by atoms with E-state index < -0.39 is 0 Å². The van der Waals surface area contributed by atoms with Crippen molar-refractivity contribution in [3.8, 4) is 0 Å². The number of rotatable bonds is 3. The standard InChI is InChI=1S/C13H15FN2S/c1-8-3-4-10(5-12(8)14)13(16-15)11-7-17-6-9(11)2/h3-7,13,16H,15H2,1-2H3. The molecule has 0 bridgehead atoms. The van der Waals surface area contributed by atoms with Gasteiger partial charge in [-0.3, -0.25) is 5.84 Å². The first kappa shape index (κ1) is 12.2. The number of thiophene rings is 1. The molecule has 1 aromatic heterocycles. The number of nitrogens with two attached hydrogens (primary N) is 1. The highest BCUT2D eigenvalue weighted by molar-refractivity contribution is 7.08. The highest BCUT2D eigenvalue weighted by atomic mass is 32.1. The van der Waals surface area contributed by atoms with E-state index >= 15 is 0 Å². The molecular formula is C13H15FN2S. The van der Waals surface area contributed by atoms with Crippen LogP contribution in [0.25, 0.3) is 0 Å². The van der Waals surface area contributed by atoms with E-state index in [-0.39, 0.29) is 11.9 Å². The summed E-state index contributed by atoms with van der Waals surface area (Å²) in [5.74, 6) is 5.39. The topological polar surface area (TPSA) is 38.0 Å². The van der Waals surface area contributed by atoms with Crippen molar-refractivity contribution in [1.82, 2.24) is 5.43 Å². The Balaban J connectivity index is 2.42. The summed E-state index contributed by atoms with van der Waals surface area (Å²) in [7, 11) is 0. The van der Waals surface area contributed by atoms with Crippen LogP contribution in [0.3, 0.4) is 0 Å². The second-order valence-electron chi connectivity index (χ2n) is 4.12. The molecule has 1 aromatic carbocycles. The van der Waals surface area contributed by atoms with E-state index in [1.165, 1.54) is 11.6 Å². The van der Waals surface area contributed by atoms with E-state index in [2.05, 4.69) is 10.8 Å². The first-order valence-corrected chi connectivity index (χ1v) is 6.32. The average Bonchev–Trinajstić information content (AvgIpc) is 2.71. The first-order valence-electron chi connectivity index (χ1n) is 5.38. The van der Waals surface area contributed by atoms with E-state index in [1.807, 2.05) is 18.4 Å². The van der Waals surface area contributed by atoms with Crippen LogP contribution in [0.15, 0.2) is 29.0 Å². The molecule has 0 radical (unpaired) electrons. The van der Waals surface area contributed by atoms with Crippen LogP contribution in [0.2, 0.25) is 0 Å². The van der Waals surface area contributed by atoms with E-state index in [0.29, 0.717) is 5.56 Å². The molecule has 0 aliphatic heterocycles. The zero-order valence-electron chi connectivity index (χ0n) is 9.83. The summed E-state index contributed by atoms with van der Waals surface area (Å²) >= 11 is 1.62. The Hall–Kier alpha value is -1.23. The van der Waals surface area contributed by atoms with Crippen molar-refractivity contribution in [2.75, 3.05) is 0 Å². The molecule has 2 rings (SSSR count). The van der Waals surface area contributed by atoms with Gasteiger partial charge in [0.1, 0.15) is 5.82 Å². The van der Waals surface area contributed by atoms with E-state index in [1.54, 1.807) is 24.3 Å². The number of hydrazine groups is 1. The average molecular weight is 250 g/mol. The molecule has 17 heavy (non-hydrogen) atoms. The summed E-state index contributed by atoms with van der Waals surface area (Å²) in [5, 5.41) is 4.10. The van der Waals surface area contributed by atoms with E-state index in [4.69, 9.17) is 5.84 Å². The fourth-order valence-electron chi connectivity index (χ4n) is 1.82. The van der Waals surface area contributed by atoms with Crippen LogP contribution >= 0.6 is 11.3 Å². The van der Waals surface area contributed by atoms with Gasteiger partial charge >= 0.3 is 0 Å². The Labute approximate surface area is 104 Å². The normalized spacial score (nSPS) is 12.7. The molecular weight excluding hydrogens is 235 g/mol. The SMILES string of the molecule is Cc1ccc(C(NN)c2cscc2C)cc1F. The van der Waals surface area contributed by atoms with Gasteiger partial charge in [0.25, 0.3) is 0 Å². The van der Waals surface area contributed by atoms with Gasteiger partial charge in [-0.15, -0.1) is 0 Å². The van der Waals surface area contributed by atoms with Crippen LogP contribution in [-0.2, 0) is 0 Å². The van der Waals surface area contributed by atoms with Crippen molar-refractivity contribution in [1.29, 1.82) is 0 Å². The van der Waals surface area contributed by atoms with Crippen molar-refractivity contribution < 1.29 is 4.39 Å². The molecule has 0 saturated heterocycles. The number of benzene rings is 1. The number of aryl methyl sites for hydroxylation is 2. The van der Waals surface area contributed by atoms with Crippen LogP contribution in [0.4, 0.5) is 4.39 Å². The number of hydrogen-bond acceptors (Lipinski definition) is 3. The summed E-state index contributed by atoms with van der Waals surface area (Å²) in [4.78, 5) is 0. The van der Waals surface area contributed by atoms with Gasteiger partial charge in [-0.2, -0.15) is 11.3 Å². The van der Waals surface area contributed by atoms with Crippen LogP contribution in [0, 0.1) is 19.7 Å². The van der Waals surface area contributed by atoms with Crippen molar-refractivity contribution in [3.05, 3.63) is 57.0 Å². The maximum atomic E-state index is 13.6. The number of nitrogens with one attached hydrogen (secondary N) is 1. The van der Waals surface area contributed by atoms with Crippen molar-refractivity contribution >= 4 is 11.3 Å². The van der Waals surface area contributed by atoms with Gasteiger partial charge in [-0.25, -0.2) is 9.82 Å². The van der Waals surface area contributed by atoms with Gasteiger partial charge in [0, 0.05) is 0 Å². The third kappa shape index (κ3) is 2.39. The molecule has 0 aliphatic carbocycles. The molecule has 0 spiro atoms. The largest absolute Gasteiger partial charge is 0.271 e. The zero-order valence-corrected chi connectivity index (χ0v) is 10.6. The molecule has 2 nitrogen and oxygen atoms in total. The molecule has 0 fully saturated rings. The number of hydrogen-bond donors (Lipinski definition) is 2. The van der Waals surface area contributed by atoms with Crippen LogP contribution < -0.4 is 11.3 Å². The molecule has 0 amide bonds. The van der Waals surface area contributed by atoms with Gasteiger partial charge in [0.05, 0.1) is 6.04 Å². The highest BCUT2D eigenvalue weighted by Gasteiger charge is 2.16. The summed E-state index contributed by atoms with van der Waals surface area (Å²) in [6.45, 7) is 3.78. The maximum absolute atomic E-state index is 13.6. The third-order valence-corrected chi connectivity index (χ3v) is 3.78. The van der Waals surface area contributed by atoms with Crippen LogP contribution in [0.1, 0.15) is 28.3 Å². The van der Waals surface area contributed by atoms with Gasteiger partial charge in [-0.1, -0.05) is 12.1 Å². The second-order valence-corrected chi connectivity index (χ2v) is 4.86. The second kappa shape index (κ2) is 4.96. The predicted molar refractivity (Wildman–Crippen MR) is 69.4 cm³/mol. The van der Waals surface area contributed by atoms with Gasteiger partial charge in [0.2, 0.25) is 0 Å². The van der Waals surface area contributed by atoms with E-state index in [0.717, 1.165) is 11.1 Å². The quantitative estimate of drug-likeness (QED) is 0.649. The predicted octanol–water partition coefficient (Wildman–Crippen LogP) is 3.06. The molecule has 2 aromatic rings. The Morgan fingerprint density at radius 1 is 1.24 bits per heavy atom. The summed E-state index contributed by atoms with van der Waals surface area (Å²) in [5.41, 5.74) is 6.50. The Morgan fingerprint density at radius 3 is 2.53 bits per heavy atom. The minimum Gasteiger partial charge on any atom is -0.271 e. The van der Waals surface area contributed by atoms with Crippen LogP contribution in [-0.4, -0.2) is 0 Å². The lowest BCUT2D eigenvalue weighted by molar-refractivity contribution is 0.598. The molecule has 1 atom stereocenters. The smallest absolute Gasteiger partial charge is 0.126 e. The lowest BCUT2D eigenvalue weighted by atomic mass is 9.98.